The second-order valence-electron chi connectivity index (χ2n) is 10.8. The number of aliphatic hydroxyl groups is 2. The lowest BCUT2D eigenvalue weighted by Crippen LogP contribution is -2.45. The number of carbonyl (C=O) groups is 1. The van der Waals surface area contributed by atoms with Crippen molar-refractivity contribution < 1.29 is 19.7 Å². The molecule has 0 radical (unpaired) electrons. The monoisotopic (exact) mass is 500 g/mol. The molecule has 1 aromatic heterocycles. The van der Waals surface area contributed by atoms with E-state index in [0.29, 0.717) is 17.2 Å². The Bertz CT molecular complexity index is 1060. The highest BCUT2D eigenvalue weighted by atomic mass is 32.2. The summed E-state index contributed by atoms with van der Waals surface area (Å²) < 4.78 is 6.30. The maximum atomic E-state index is 13.4. The van der Waals surface area contributed by atoms with Crippen molar-refractivity contribution in [3.05, 3.63) is 61.9 Å². The van der Waals surface area contributed by atoms with Gasteiger partial charge < -0.3 is 14.9 Å². The minimum atomic E-state index is -0.630. The van der Waals surface area contributed by atoms with E-state index in [-0.39, 0.29) is 17.8 Å². The molecule has 1 fully saturated rings. The lowest BCUT2D eigenvalue weighted by Gasteiger charge is -2.41. The first kappa shape index (κ1) is 25.3. The Morgan fingerprint density at radius 2 is 1.97 bits per heavy atom. The van der Waals surface area contributed by atoms with Gasteiger partial charge in [-0.25, -0.2) is 4.79 Å². The van der Waals surface area contributed by atoms with Gasteiger partial charge in [-0.3, -0.25) is 0 Å². The van der Waals surface area contributed by atoms with Crippen LogP contribution in [0.25, 0.3) is 0 Å². The maximum absolute atomic E-state index is 13.4. The van der Waals surface area contributed by atoms with Crippen molar-refractivity contribution in [1.29, 1.82) is 0 Å². The molecule has 2 N–H and O–H groups in total. The fourth-order valence-corrected chi connectivity index (χ4v) is 7.29. The zero-order chi connectivity index (χ0) is 24.5. The molecule has 6 heteroatoms. The molecule has 0 bridgehead atoms. The zero-order valence-electron chi connectivity index (χ0n) is 20.6. The van der Waals surface area contributed by atoms with Crippen molar-refractivity contribution in [3.8, 4) is 0 Å². The lowest BCUT2D eigenvalue weighted by molar-refractivity contribution is -0.166. The Kier molecular flexibility index (Phi) is 7.51. The highest BCUT2D eigenvalue weighted by Crippen LogP contribution is 2.49. The van der Waals surface area contributed by atoms with Crippen LogP contribution in [0.2, 0.25) is 0 Å². The number of benzene rings is 1. The highest BCUT2D eigenvalue weighted by Gasteiger charge is 2.48. The Balaban J connectivity index is 1.65. The number of aryl methyl sites for hydroxylation is 2. The van der Waals surface area contributed by atoms with Crippen LogP contribution in [0.5, 0.6) is 0 Å². The maximum Gasteiger partial charge on any atom is 0.349 e. The van der Waals surface area contributed by atoms with E-state index in [1.54, 1.807) is 11.3 Å². The Hall–Kier alpha value is -1.76. The molecule has 1 saturated carbocycles. The molecule has 4 rings (SSSR count). The molecule has 1 aliphatic carbocycles. The molecule has 0 saturated heterocycles. The number of thioether (sulfide) groups is 1. The standard InChI is InChI=1S/C28H36O4S2/c1-18-14-24(22(27(2,3)4)15-19(18)17-29)34-25-23(30)16-28(32-26(25)31,20-8-5-6-9-20)12-11-21-10-7-13-33-21/h7,10,13-15,20,29-30H,5-6,8-9,11-12,16-17H2,1-4H3. The van der Waals surface area contributed by atoms with Crippen molar-refractivity contribution in [2.45, 2.75) is 95.2 Å². The second-order valence-corrected chi connectivity index (χ2v) is 12.8. The summed E-state index contributed by atoms with van der Waals surface area (Å²) in [6.45, 7) is 8.29. The summed E-state index contributed by atoms with van der Waals surface area (Å²) in [6.07, 6.45) is 6.38. The number of esters is 1. The summed E-state index contributed by atoms with van der Waals surface area (Å²) in [5.74, 6) is 0.0417. The molecule has 184 valence electrons. The van der Waals surface area contributed by atoms with Gasteiger partial charge >= 0.3 is 5.97 Å². The Morgan fingerprint density at radius 1 is 1.24 bits per heavy atom. The van der Waals surface area contributed by atoms with Crippen LogP contribution in [-0.2, 0) is 28.0 Å². The van der Waals surface area contributed by atoms with Crippen LogP contribution >= 0.6 is 23.1 Å². The van der Waals surface area contributed by atoms with Gasteiger partial charge in [0.05, 0.1) is 6.61 Å². The average Bonchev–Trinajstić information content (AvgIpc) is 3.49. The molecule has 2 aliphatic rings. The summed E-state index contributed by atoms with van der Waals surface area (Å²) in [5.41, 5.74) is 2.09. The first-order valence-electron chi connectivity index (χ1n) is 12.2. The number of hydrogen-bond donors (Lipinski definition) is 2. The largest absolute Gasteiger partial charge is 0.511 e. The third-order valence-electron chi connectivity index (χ3n) is 7.31. The molecule has 1 atom stereocenters. The van der Waals surface area contributed by atoms with E-state index in [1.165, 1.54) is 16.6 Å². The van der Waals surface area contributed by atoms with Gasteiger partial charge in [0.1, 0.15) is 16.3 Å². The molecule has 1 unspecified atom stereocenters. The van der Waals surface area contributed by atoms with Gasteiger partial charge in [0.15, 0.2) is 0 Å². The van der Waals surface area contributed by atoms with Crippen LogP contribution in [0.4, 0.5) is 0 Å². The first-order chi connectivity index (χ1) is 16.1. The summed E-state index contributed by atoms with van der Waals surface area (Å²) in [7, 11) is 0. The molecule has 2 aromatic rings. The van der Waals surface area contributed by atoms with Crippen molar-refractivity contribution in [2.24, 2.45) is 5.92 Å². The van der Waals surface area contributed by atoms with Crippen LogP contribution in [0, 0.1) is 12.8 Å². The fourth-order valence-electron chi connectivity index (χ4n) is 5.34. The average molecular weight is 501 g/mol. The quantitative estimate of drug-likeness (QED) is 0.393. The number of ether oxygens (including phenoxy) is 1. The van der Waals surface area contributed by atoms with E-state index in [9.17, 15) is 15.0 Å². The minimum absolute atomic E-state index is 0.0238. The molecular formula is C28H36O4S2. The molecule has 4 nitrogen and oxygen atoms in total. The van der Waals surface area contributed by atoms with Gasteiger partial charge in [-0.2, -0.15) is 0 Å². The van der Waals surface area contributed by atoms with Gasteiger partial charge in [0, 0.05) is 16.2 Å². The molecule has 0 amide bonds. The van der Waals surface area contributed by atoms with Gasteiger partial charge in [-0.1, -0.05) is 57.5 Å². The predicted octanol–water partition coefficient (Wildman–Crippen LogP) is 7.22. The number of rotatable bonds is 7. The molecule has 1 aromatic carbocycles. The Morgan fingerprint density at radius 3 is 2.56 bits per heavy atom. The van der Waals surface area contributed by atoms with Crippen LogP contribution in [0.3, 0.4) is 0 Å². The first-order valence-corrected chi connectivity index (χ1v) is 13.9. The van der Waals surface area contributed by atoms with E-state index in [4.69, 9.17) is 4.74 Å². The lowest BCUT2D eigenvalue weighted by atomic mass is 9.78. The van der Waals surface area contributed by atoms with Gasteiger partial charge in [-0.05, 0) is 78.1 Å². The number of aliphatic hydroxyl groups excluding tert-OH is 2. The van der Waals surface area contributed by atoms with Crippen LogP contribution < -0.4 is 0 Å². The molecular weight excluding hydrogens is 464 g/mol. The van der Waals surface area contributed by atoms with Crippen molar-refractivity contribution in [2.75, 3.05) is 0 Å². The van der Waals surface area contributed by atoms with Gasteiger partial charge in [0.2, 0.25) is 0 Å². The minimum Gasteiger partial charge on any atom is -0.511 e. The smallest absolute Gasteiger partial charge is 0.349 e. The summed E-state index contributed by atoms with van der Waals surface area (Å²) in [4.78, 5) is 15.9. The zero-order valence-corrected chi connectivity index (χ0v) is 22.3. The van der Waals surface area contributed by atoms with E-state index in [2.05, 4.69) is 38.3 Å². The second kappa shape index (κ2) is 10.1. The SMILES string of the molecule is Cc1cc(SC2=C(O)CC(CCc3cccs3)(C3CCCC3)OC2=O)c(C(C)(C)C)cc1CO. The third kappa shape index (κ3) is 5.24. The fraction of sp³-hybridized carbons (Fsp3) is 0.536. The Labute approximate surface area is 211 Å². The molecule has 1 aliphatic heterocycles. The highest BCUT2D eigenvalue weighted by molar-refractivity contribution is 8.04. The normalized spacial score (nSPS) is 21.9. The van der Waals surface area contributed by atoms with Crippen LogP contribution in [0.1, 0.15) is 80.9 Å². The topological polar surface area (TPSA) is 66.8 Å². The van der Waals surface area contributed by atoms with E-state index in [0.717, 1.165) is 60.1 Å². The van der Waals surface area contributed by atoms with E-state index < -0.39 is 11.6 Å². The number of cyclic esters (lactones) is 1. The van der Waals surface area contributed by atoms with Gasteiger partial charge in [0.25, 0.3) is 0 Å². The number of carbonyl (C=O) groups excluding carboxylic acids is 1. The van der Waals surface area contributed by atoms with Crippen LogP contribution in [-0.4, -0.2) is 21.8 Å². The van der Waals surface area contributed by atoms with Crippen LogP contribution in [0.15, 0.2) is 45.2 Å². The van der Waals surface area contributed by atoms with E-state index >= 15 is 0 Å². The molecule has 2 heterocycles. The molecule has 0 spiro atoms. The summed E-state index contributed by atoms with van der Waals surface area (Å²) in [6, 6.07) is 8.21. The summed E-state index contributed by atoms with van der Waals surface area (Å²) >= 11 is 3.03. The van der Waals surface area contributed by atoms with Crippen molar-refractivity contribution >= 4 is 29.1 Å². The predicted molar refractivity (Wildman–Crippen MR) is 139 cm³/mol. The van der Waals surface area contributed by atoms with E-state index in [1.807, 2.05) is 19.1 Å². The van der Waals surface area contributed by atoms with Crippen molar-refractivity contribution in [3.63, 3.8) is 0 Å². The van der Waals surface area contributed by atoms with Gasteiger partial charge in [-0.15, -0.1) is 11.3 Å². The van der Waals surface area contributed by atoms with Crippen molar-refractivity contribution in [1.82, 2.24) is 0 Å². The number of thiophene rings is 1. The summed E-state index contributed by atoms with van der Waals surface area (Å²) in [5, 5.41) is 23.1. The number of hydrogen-bond acceptors (Lipinski definition) is 6. The third-order valence-corrected chi connectivity index (χ3v) is 9.41. The molecule has 34 heavy (non-hydrogen) atoms.